The van der Waals surface area contributed by atoms with Gasteiger partial charge < -0.3 is 4.74 Å². The molecule has 108 valence electrons. The highest BCUT2D eigenvalue weighted by Crippen LogP contribution is 2.26. The molecule has 0 saturated carbocycles. The van der Waals surface area contributed by atoms with Crippen LogP contribution in [0, 0.1) is 13.8 Å². The van der Waals surface area contributed by atoms with Crippen molar-refractivity contribution in [2.75, 3.05) is 0 Å². The Bertz CT molecular complexity index is 683. The summed E-state index contributed by atoms with van der Waals surface area (Å²) >= 11 is 12.1. The van der Waals surface area contributed by atoms with Gasteiger partial charge in [-0.1, -0.05) is 41.4 Å². The standard InChI is InChI=1S/C17H14Cl2O2/c1-11-9-14(10-12(2)17(11)19)21-16(20)8-7-13-5-3-4-6-15(13)18/h3-10H,1-2H3/b8-7+. The number of hydrogen-bond donors (Lipinski definition) is 0. The summed E-state index contributed by atoms with van der Waals surface area (Å²) in [5.41, 5.74) is 2.50. The largest absolute Gasteiger partial charge is 0.423 e. The Labute approximate surface area is 134 Å². The normalized spacial score (nSPS) is 10.9. The topological polar surface area (TPSA) is 26.3 Å². The van der Waals surface area contributed by atoms with Gasteiger partial charge in [0, 0.05) is 16.1 Å². The van der Waals surface area contributed by atoms with Crippen LogP contribution < -0.4 is 4.74 Å². The number of halogens is 2. The average molecular weight is 321 g/mol. The summed E-state index contributed by atoms with van der Waals surface area (Å²) in [6.45, 7) is 3.73. The second kappa shape index (κ2) is 6.79. The van der Waals surface area contributed by atoms with Crippen LogP contribution in [0.4, 0.5) is 0 Å². The van der Waals surface area contributed by atoms with E-state index < -0.39 is 5.97 Å². The maximum absolute atomic E-state index is 11.8. The summed E-state index contributed by atoms with van der Waals surface area (Å²) in [5, 5.41) is 1.26. The molecule has 21 heavy (non-hydrogen) atoms. The molecule has 0 aliphatic rings. The van der Waals surface area contributed by atoms with Crippen LogP contribution in [0.1, 0.15) is 16.7 Å². The molecule has 0 atom stereocenters. The van der Waals surface area contributed by atoms with E-state index in [9.17, 15) is 4.79 Å². The summed E-state index contributed by atoms with van der Waals surface area (Å²) in [6, 6.07) is 10.7. The number of benzene rings is 2. The number of carbonyl (C=O) groups is 1. The summed E-state index contributed by atoms with van der Waals surface area (Å²) in [4.78, 5) is 11.8. The smallest absolute Gasteiger partial charge is 0.336 e. The van der Waals surface area contributed by atoms with Crippen molar-refractivity contribution < 1.29 is 9.53 Å². The fraction of sp³-hybridized carbons (Fsp3) is 0.118. The van der Waals surface area contributed by atoms with Crippen molar-refractivity contribution in [1.29, 1.82) is 0 Å². The predicted molar refractivity (Wildman–Crippen MR) is 87.0 cm³/mol. The van der Waals surface area contributed by atoms with Gasteiger partial charge >= 0.3 is 5.97 Å². The lowest BCUT2D eigenvalue weighted by Crippen LogP contribution is -2.04. The lowest BCUT2D eigenvalue weighted by Gasteiger charge is -2.07. The van der Waals surface area contributed by atoms with Crippen molar-refractivity contribution in [2.24, 2.45) is 0 Å². The van der Waals surface area contributed by atoms with Crippen LogP contribution in [0.15, 0.2) is 42.5 Å². The molecule has 0 heterocycles. The Morgan fingerprint density at radius 3 is 2.33 bits per heavy atom. The Kier molecular flexibility index (Phi) is 5.05. The Morgan fingerprint density at radius 1 is 1.10 bits per heavy atom. The molecule has 2 nitrogen and oxygen atoms in total. The van der Waals surface area contributed by atoms with Crippen molar-refractivity contribution in [3.8, 4) is 5.75 Å². The van der Waals surface area contributed by atoms with Gasteiger partial charge in [-0.25, -0.2) is 4.79 Å². The van der Waals surface area contributed by atoms with E-state index in [0.717, 1.165) is 16.7 Å². The van der Waals surface area contributed by atoms with Crippen LogP contribution in [0.5, 0.6) is 5.75 Å². The maximum atomic E-state index is 11.8. The van der Waals surface area contributed by atoms with Crippen molar-refractivity contribution in [3.05, 3.63) is 69.2 Å². The van der Waals surface area contributed by atoms with E-state index in [2.05, 4.69) is 0 Å². The Balaban J connectivity index is 2.11. The van der Waals surface area contributed by atoms with Crippen molar-refractivity contribution in [1.82, 2.24) is 0 Å². The lowest BCUT2D eigenvalue weighted by molar-refractivity contribution is -0.128. The maximum Gasteiger partial charge on any atom is 0.336 e. The molecule has 0 amide bonds. The van der Waals surface area contributed by atoms with E-state index in [0.29, 0.717) is 15.8 Å². The molecular weight excluding hydrogens is 307 g/mol. The van der Waals surface area contributed by atoms with Crippen LogP contribution in [0.2, 0.25) is 10.0 Å². The van der Waals surface area contributed by atoms with Crippen molar-refractivity contribution >= 4 is 35.2 Å². The van der Waals surface area contributed by atoms with Crippen LogP contribution in [0.3, 0.4) is 0 Å². The lowest BCUT2D eigenvalue weighted by atomic mass is 10.1. The van der Waals surface area contributed by atoms with Gasteiger partial charge in [0.1, 0.15) is 5.75 Å². The van der Waals surface area contributed by atoms with Crippen LogP contribution in [-0.4, -0.2) is 5.97 Å². The van der Waals surface area contributed by atoms with Gasteiger partial charge in [0.15, 0.2) is 0 Å². The zero-order valence-corrected chi connectivity index (χ0v) is 13.2. The van der Waals surface area contributed by atoms with Crippen LogP contribution in [-0.2, 0) is 4.79 Å². The van der Waals surface area contributed by atoms with Gasteiger partial charge in [-0.05, 0) is 54.8 Å². The summed E-state index contributed by atoms with van der Waals surface area (Å²) in [6.07, 6.45) is 2.97. The highest BCUT2D eigenvalue weighted by atomic mass is 35.5. The van der Waals surface area contributed by atoms with E-state index in [1.807, 2.05) is 32.0 Å². The second-order valence-electron chi connectivity index (χ2n) is 4.65. The Hall–Kier alpha value is -1.77. The minimum atomic E-state index is -0.462. The summed E-state index contributed by atoms with van der Waals surface area (Å²) in [7, 11) is 0. The molecule has 2 aromatic carbocycles. The van der Waals surface area contributed by atoms with E-state index in [-0.39, 0.29) is 0 Å². The molecule has 0 unspecified atom stereocenters. The van der Waals surface area contributed by atoms with E-state index in [1.165, 1.54) is 6.08 Å². The highest BCUT2D eigenvalue weighted by molar-refractivity contribution is 6.32. The number of hydrogen-bond acceptors (Lipinski definition) is 2. The van der Waals surface area contributed by atoms with Gasteiger partial charge in [-0.3, -0.25) is 0 Å². The Morgan fingerprint density at radius 2 is 1.71 bits per heavy atom. The van der Waals surface area contributed by atoms with E-state index >= 15 is 0 Å². The van der Waals surface area contributed by atoms with Crippen molar-refractivity contribution in [3.63, 3.8) is 0 Å². The molecule has 0 aromatic heterocycles. The zero-order chi connectivity index (χ0) is 15.4. The molecule has 0 spiro atoms. The fourth-order valence-corrected chi connectivity index (χ4v) is 2.19. The van der Waals surface area contributed by atoms with Crippen LogP contribution in [0.25, 0.3) is 6.08 Å². The first-order chi connectivity index (χ1) is 9.97. The molecule has 2 rings (SSSR count). The van der Waals surface area contributed by atoms with Gasteiger partial charge in [-0.2, -0.15) is 0 Å². The predicted octanol–water partition coefficient (Wildman–Crippen LogP) is 5.23. The average Bonchev–Trinajstić information content (AvgIpc) is 2.44. The third-order valence-corrected chi connectivity index (χ3v) is 3.87. The van der Waals surface area contributed by atoms with Gasteiger partial charge in [0.05, 0.1) is 0 Å². The highest BCUT2D eigenvalue weighted by Gasteiger charge is 2.06. The molecular formula is C17H14Cl2O2. The monoisotopic (exact) mass is 320 g/mol. The molecule has 0 aliphatic carbocycles. The van der Waals surface area contributed by atoms with Gasteiger partial charge in [-0.15, -0.1) is 0 Å². The molecule has 0 radical (unpaired) electrons. The molecule has 0 N–H and O–H groups in total. The fourth-order valence-electron chi connectivity index (χ4n) is 1.88. The minimum Gasteiger partial charge on any atom is -0.423 e. The molecule has 2 aromatic rings. The molecule has 0 aliphatic heterocycles. The third kappa shape index (κ3) is 4.10. The quantitative estimate of drug-likeness (QED) is 0.439. The zero-order valence-electron chi connectivity index (χ0n) is 11.7. The third-order valence-electron chi connectivity index (χ3n) is 2.93. The number of esters is 1. The number of ether oxygens (including phenoxy) is 1. The number of aryl methyl sites for hydroxylation is 2. The summed E-state index contributed by atoms with van der Waals surface area (Å²) < 4.78 is 5.27. The van der Waals surface area contributed by atoms with Crippen molar-refractivity contribution in [2.45, 2.75) is 13.8 Å². The first-order valence-corrected chi connectivity index (χ1v) is 7.14. The first kappa shape index (κ1) is 15.6. The number of carbonyl (C=O) groups excluding carboxylic acids is 1. The molecule has 0 bridgehead atoms. The SMILES string of the molecule is Cc1cc(OC(=O)/C=C/c2ccccc2Cl)cc(C)c1Cl. The van der Waals surface area contributed by atoms with E-state index in [1.54, 1.807) is 24.3 Å². The number of rotatable bonds is 3. The van der Waals surface area contributed by atoms with Gasteiger partial charge in [0.25, 0.3) is 0 Å². The van der Waals surface area contributed by atoms with E-state index in [4.69, 9.17) is 27.9 Å². The second-order valence-corrected chi connectivity index (χ2v) is 5.43. The molecule has 0 fully saturated rings. The first-order valence-electron chi connectivity index (χ1n) is 6.38. The van der Waals surface area contributed by atoms with Gasteiger partial charge in [0.2, 0.25) is 0 Å². The molecule has 0 saturated heterocycles. The minimum absolute atomic E-state index is 0.462. The van der Waals surface area contributed by atoms with Crippen LogP contribution >= 0.6 is 23.2 Å². The molecule has 4 heteroatoms. The summed E-state index contributed by atoms with van der Waals surface area (Å²) in [5.74, 6) is 0.0132.